The Morgan fingerprint density at radius 1 is 1.43 bits per heavy atom. The molecule has 1 aromatic heterocycles. The normalized spacial score (nSPS) is 11.7. The van der Waals surface area contributed by atoms with Crippen LogP contribution >= 0.6 is 15.9 Å². The minimum atomic E-state index is -1.12. The highest BCUT2D eigenvalue weighted by atomic mass is 79.9. The third-order valence-electron chi connectivity index (χ3n) is 2.65. The van der Waals surface area contributed by atoms with E-state index in [1.165, 1.54) is 18.5 Å². The van der Waals surface area contributed by atoms with Crippen LogP contribution in [0.15, 0.2) is 29.0 Å². The van der Waals surface area contributed by atoms with Gasteiger partial charge in [0.15, 0.2) is 0 Å². The van der Waals surface area contributed by atoms with Gasteiger partial charge in [-0.2, -0.15) is 5.10 Å². The molecule has 9 heteroatoms. The van der Waals surface area contributed by atoms with Crippen molar-refractivity contribution in [1.82, 2.24) is 20.5 Å². The smallest absolute Gasteiger partial charge is 0.337 e. The number of urea groups is 1. The van der Waals surface area contributed by atoms with Crippen molar-refractivity contribution in [2.75, 3.05) is 5.32 Å². The lowest BCUT2D eigenvalue weighted by atomic mass is 10.2. The van der Waals surface area contributed by atoms with Gasteiger partial charge in [0.1, 0.15) is 12.2 Å². The van der Waals surface area contributed by atoms with Crippen LogP contribution in [0.5, 0.6) is 0 Å². The summed E-state index contributed by atoms with van der Waals surface area (Å²) in [6.45, 7) is 1.72. The molecule has 0 aliphatic rings. The summed E-state index contributed by atoms with van der Waals surface area (Å²) in [5.41, 5.74) is 0.194. The molecular weight excluding hydrogens is 342 g/mol. The van der Waals surface area contributed by atoms with E-state index in [9.17, 15) is 9.59 Å². The van der Waals surface area contributed by atoms with E-state index >= 15 is 0 Å². The van der Waals surface area contributed by atoms with E-state index in [0.29, 0.717) is 10.3 Å². The molecule has 21 heavy (non-hydrogen) atoms. The van der Waals surface area contributed by atoms with Crippen molar-refractivity contribution >= 4 is 33.6 Å². The molecule has 0 bridgehead atoms. The van der Waals surface area contributed by atoms with E-state index in [-0.39, 0.29) is 11.3 Å². The van der Waals surface area contributed by atoms with Gasteiger partial charge in [0.05, 0.1) is 17.3 Å². The van der Waals surface area contributed by atoms with Crippen molar-refractivity contribution in [3.63, 3.8) is 0 Å². The van der Waals surface area contributed by atoms with Crippen LogP contribution in [-0.4, -0.2) is 32.3 Å². The molecule has 0 spiro atoms. The summed E-state index contributed by atoms with van der Waals surface area (Å²) in [4.78, 5) is 27.0. The summed E-state index contributed by atoms with van der Waals surface area (Å²) in [5.74, 6) is -0.626. The molecule has 0 radical (unpaired) electrons. The first kappa shape index (κ1) is 15.0. The Kier molecular flexibility index (Phi) is 4.53. The number of rotatable bonds is 4. The number of carbonyl (C=O) groups excluding carboxylic acids is 1. The molecule has 0 fully saturated rings. The number of aromatic carboxylic acids is 1. The van der Waals surface area contributed by atoms with E-state index in [2.05, 4.69) is 41.7 Å². The maximum atomic E-state index is 11.9. The van der Waals surface area contributed by atoms with Crippen LogP contribution in [0.2, 0.25) is 0 Å². The number of anilines is 1. The number of carboxylic acids is 1. The maximum absolute atomic E-state index is 11.9. The molecule has 4 N–H and O–H groups in total. The second-order valence-corrected chi connectivity index (χ2v) is 5.10. The lowest BCUT2D eigenvalue weighted by Crippen LogP contribution is -2.32. The molecule has 2 rings (SSSR count). The van der Waals surface area contributed by atoms with E-state index in [1.54, 1.807) is 13.0 Å². The molecular formula is C12H12BrN5O3. The molecule has 1 atom stereocenters. The number of benzene rings is 1. The molecule has 0 saturated carbocycles. The third kappa shape index (κ3) is 3.78. The number of carboxylic acid groups (broad SMARTS) is 1. The molecule has 1 unspecified atom stereocenters. The van der Waals surface area contributed by atoms with E-state index < -0.39 is 18.0 Å². The van der Waals surface area contributed by atoms with Crippen LogP contribution < -0.4 is 10.6 Å². The summed E-state index contributed by atoms with van der Waals surface area (Å²) in [6, 6.07) is 3.57. The fourth-order valence-corrected chi connectivity index (χ4v) is 2.01. The van der Waals surface area contributed by atoms with Crippen LogP contribution in [0, 0.1) is 0 Å². The van der Waals surface area contributed by atoms with Crippen LogP contribution in [0.3, 0.4) is 0 Å². The van der Waals surface area contributed by atoms with Gasteiger partial charge in [0, 0.05) is 4.47 Å². The predicted octanol–water partition coefficient (Wildman–Crippen LogP) is 2.15. The van der Waals surface area contributed by atoms with Gasteiger partial charge in [-0.25, -0.2) is 14.6 Å². The monoisotopic (exact) mass is 353 g/mol. The van der Waals surface area contributed by atoms with Crippen molar-refractivity contribution < 1.29 is 14.7 Å². The molecule has 8 nitrogen and oxygen atoms in total. The number of H-pyrrole nitrogens is 1. The number of nitrogens with one attached hydrogen (secondary N) is 3. The summed E-state index contributed by atoms with van der Waals surface area (Å²) in [5, 5.41) is 20.5. The Balaban J connectivity index is 2.09. The Bertz CT molecular complexity index is 659. The second-order valence-electron chi connectivity index (χ2n) is 4.19. The molecule has 110 valence electrons. The number of hydrogen-bond acceptors (Lipinski definition) is 4. The molecule has 1 aromatic carbocycles. The van der Waals surface area contributed by atoms with Crippen LogP contribution in [0.25, 0.3) is 0 Å². The highest BCUT2D eigenvalue weighted by Crippen LogP contribution is 2.21. The largest absolute Gasteiger partial charge is 0.478 e. The van der Waals surface area contributed by atoms with Crippen molar-refractivity contribution in [1.29, 1.82) is 0 Å². The fraction of sp³-hybridized carbons (Fsp3) is 0.167. The van der Waals surface area contributed by atoms with Crippen LogP contribution in [0.4, 0.5) is 10.5 Å². The number of aromatic nitrogens is 3. The van der Waals surface area contributed by atoms with Crippen molar-refractivity contribution in [3.05, 3.63) is 40.4 Å². The zero-order valence-corrected chi connectivity index (χ0v) is 12.5. The Hall–Kier alpha value is -2.42. The minimum absolute atomic E-state index is 0.000619. The Morgan fingerprint density at radius 2 is 2.19 bits per heavy atom. The average Bonchev–Trinajstić information content (AvgIpc) is 2.91. The predicted molar refractivity (Wildman–Crippen MR) is 78.1 cm³/mol. The second kappa shape index (κ2) is 6.35. The highest BCUT2D eigenvalue weighted by molar-refractivity contribution is 9.10. The number of hydrogen-bond donors (Lipinski definition) is 4. The first-order valence-corrected chi connectivity index (χ1v) is 6.72. The van der Waals surface area contributed by atoms with Gasteiger partial charge in [-0.3, -0.25) is 5.10 Å². The van der Waals surface area contributed by atoms with Gasteiger partial charge >= 0.3 is 12.0 Å². The van der Waals surface area contributed by atoms with Gasteiger partial charge in [-0.1, -0.05) is 15.9 Å². The lowest BCUT2D eigenvalue weighted by molar-refractivity contribution is 0.0698. The fourth-order valence-electron chi connectivity index (χ4n) is 1.65. The van der Waals surface area contributed by atoms with Crippen molar-refractivity contribution in [2.24, 2.45) is 0 Å². The molecule has 2 aromatic rings. The Labute approximate surface area is 128 Å². The Morgan fingerprint density at radius 3 is 2.81 bits per heavy atom. The number of carbonyl (C=O) groups is 2. The van der Waals surface area contributed by atoms with Gasteiger partial charge in [0.2, 0.25) is 0 Å². The first-order valence-electron chi connectivity index (χ1n) is 5.93. The standard InChI is InChI=1S/C12H12BrN5O3/c1-6(10-14-5-15-18-10)16-12(21)17-9-4-7(13)2-3-8(9)11(19)20/h2-6H,1H3,(H,19,20)(H,14,15,18)(H2,16,17,21). The molecule has 0 aliphatic heterocycles. The van der Waals surface area contributed by atoms with Crippen LogP contribution in [-0.2, 0) is 0 Å². The van der Waals surface area contributed by atoms with Gasteiger partial charge in [0.25, 0.3) is 0 Å². The summed E-state index contributed by atoms with van der Waals surface area (Å²) < 4.78 is 0.658. The summed E-state index contributed by atoms with van der Waals surface area (Å²) in [6.07, 6.45) is 1.34. The molecule has 1 heterocycles. The van der Waals surface area contributed by atoms with Gasteiger partial charge < -0.3 is 15.7 Å². The zero-order valence-electron chi connectivity index (χ0n) is 10.9. The van der Waals surface area contributed by atoms with E-state index in [1.807, 2.05) is 0 Å². The minimum Gasteiger partial charge on any atom is -0.478 e. The number of aromatic amines is 1. The van der Waals surface area contributed by atoms with E-state index in [0.717, 1.165) is 0 Å². The molecule has 0 aliphatic carbocycles. The van der Waals surface area contributed by atoms with Crippen molar-refractivity contribution in [2.45, 2.75) is 13.0 Å². The highest BCUT2D eigenvalue weighted by Gasteiger charge is 2.15. The zero-order chi connectivity index (χ0) is 15.4. The summed E-state index contributed by atoms with van der Waals surface area (Å²) in [7, 11) is 0. The SMILES string of the molecule is CC(NC(=O)Nc1cc(Br)ccc1C(=O)O)c1ncn[nH]1. The van der Waals surface area contributed by atoms with Crippen molar-refractivity contribution in [3.8, 4) is 0 Å². The van der Waals surface area contributed by atoms with Crippen LogP contribution in [0.1, 0.15) is 29.1 Å². The number of halogens is 1. The van der Waals surface area contributed by atoms with E-state index in [4.69, 9.17) is 5.11 Å². The average molecular weight is 354 g/mol. The molecule has 2 amide bonds. The lowest BCUT2D eigenvalue weighted by Gasteiger charge is -2.13. The number of amides is 2. The first-order chi connectivity index (χ1) is 9.97. The third-order valence-corrected chi connectivity index (χ3v) is 3.14. The van der Waals surface area contributed by atoms with Gasteiger partial charge in [-0.05, 0) is 25.1 Å². The van der Waals surface area contributed by atoms with Gasteiger partial charge in [-0.15, -0.1) is 0 Å². The number of nitrogens with zero attached hydrogens (tertiary/aromatic N) is 2. The molecule has 0 saturated heterocycles. The quantitative estimate of drug-likeness (QED) is 0.671. The summed E-state index contributed by atoms with van der Waals surface area (Å²) >= 11 is 3.23. The maximum Gasteiger partial charge on any atom is 0.337 e. The topological polar surface area (TPSA) is 120 Å².